The maximum atomic E-state index is 12.4. The molecule has 2 atom stereocenters. The van der Waals surface area contributed by atoms with Gasteiger partial charge in [0.15, 0.2) is 11.5 Å². The molecule has 2 aliphatic rings. The molecule has 0 aliphatic heterocycles. The lowest BCUT2D eigenvalue weighted by atomic mass is 9.84. The average molecular weight is 278 g/mol. The lowest BCUT2D eigenvalue weighted by Crippen LogP contribution is -2.43. The standard InChI is InChI=1S/C15H20NO4/c17-13-8-6-10-11(15(13)19)5-7-12(14(10)18)16(20)9-3-1-2-4-9/h6,8-9,12,14,17-19H,1-5,7H2/q-1/t12-,14-/m0/s1. The number of hydrogen-bond donors (Lipinski definition) is 3. The van der Waals surface area contributed by atoms with E-state index in [9.17, 15) is 20.5 Å². The van der Waals surface area contributed by atoms with E-state index in [1.807, 2.05) is 0 Å². The van der Waals surface area contributed by atoms with Gasteiger partial charge < -0.3 is 25.6 Å². The number of aliphatic hydroxyl groups is 1. The smallest absolute Gasteiger partial charge is 0.161 e. The van der Waals surface area contributed by atoms with Crippen LogP contribution in [-0.4, -0.2) is 32.5 Å². The summed E-state index contributed by atoms with van der Waals surface area (Å²) in [4.78, 5) is 0. The number of phenols is 2. The van der Waals surface area contributed by atoms with Crippen molar-refractivity contribution in [1.29, 1.82) is 0 Å². The van der Waals surface area contributed by atoms with Crippen molar-refractivity contribution in [3.05, 3.63) is 28.5 Å². The number of aliphatic hydroxyl groups excluding tert-OH is 1. The van der Waals surface area contributed by atoms with Crippen LogP contribution in [0.3, 0.4) is 0 Å². The fourth-order valence-corrected chi connectivity index (χ4v) is 3.53. The summed E-state index contributed by atoms with van der Waals surface area (Å²) >= 11 is 0. The van der Waals surface area contributed by atoms with E-state index in [1.165, 1.54) is 6.07 Å². The van der Waals surface area contributed by atoms with Crippen LogP contribution < -0.4 is 0 Å². The minimum atomic E-state index is -0.900. The summed E-state index contributed by atoms with van der Waals surface area (Å²) < 4.78 is 0. The molecule has 1 aromatic carbocycles. The van der Waals surface area contributed by atoms with E-state index >= 15 is 0 Å². The van der Waals surface area contributed by atoms with Gasteiger partial charge in [-0.1, -0.05) is 18.9 Å². The van der Waals surface area contributed by atoms with Gasteiger partial charge in [-0.05, 0) is 43.4 Å². The fourth-order valence-electron chi connectivity index (χ4n) is 3.53. The van der Waals surface area contributed by atoms with Gasteiger partial charge in [-0.3, -0.25) is 0 Å². The largest absolute Gasteiger partial charge is 0.785 e. The van der Waals surface area contributed by atoms with Crippen LogP contribution in [0.4, 0.5) is 0 Å². The molecule has 1 aromatic rings. The molecule has 0 heterocycles. The molecule has 3 N–H and O–H groups in total. The van der Waals surface area contributed by atoms with E-state index < -0.39 is 12.1 Å². The second-order valence-corrected chi connectivity index (χ2v) is 5.85. The molecule has 1 fully saturated rings. The predicted octanol–water partition coefficient (Wildman–Crippen LogP) is 2.19. The molecule has 0 unspecified atom stereocenters. The van der Waals surface area contributed by atoms with Gasteiger partial charge in [-0.25, -0.2) is 0 Å². The molecule has 0 spiro atoms. The Bertz CT molecular complexity index is 499. The Morgan fingerprint density at radius 1 is 1.10 bits per heavy atom. The Morgan fingerprint density at radius 2 is 1.80 bits per heavy atom. The first-order valence-corrected chi connectivity index (χ1v) is 7.27. The van der Waals surface area contributed by atoms with E-state index in [4.69, 9.17) is 0 Å². The Labute approximate surface area is 118 Å². The zero-order valence-electron chi connectivity index (χ0n) is 11.3. The number of nitrogens with zero attached hydrogens (tertiary/aromatic N) is 1. The average Bonchev–Trinajstić information content (AvgIpc) is 2.97. The number of phenolic OH excluding ortho intramolecular Hbond substituents is 2. The molecule has 0 amide bonds. The molecule has 5 nitrogen and oxygen atoms in total. The van der Waals surface area contributed by atoms with Gasteiger partial charge in [0.05, 0.1) is 6.10 Å². The van der Waals surface area contributed by atoms with Crippen LogP contribution >= 0.6 is 0 Å². The molecule has 0 saturated heterocycles. The fraction of sp³-hybridized carbons (Fsp3) is 0.600. The topological polar surface area (TPSA) is 87.0 Å². The van der Waals surface area contributed by atoms with Crippen molar-refractivity contribution >= 4 is 0 Å². The van der Waals surface area contributed by atoms with Crippen LogP contribution in [0.15, 0.2) is 12.1 Å². The Kier molecular flexibility index (Phi) is 3.58. The lowest BCUT2D eigenvalue weighted by Gasteiger charge is -2.46. The van der Waals surface area contributed by atoms with Gasteiger partial charge in [0.1, 0.15) is 0 Å². The first-order valence-electron chi connectivity index (χ1n) is 7.27. The molecular formula is C15H20NO4-. The number of fused-ring (bicyclic) bond motifs is 1. The summed E-state index contributed by atoms with van der Waals surface area (Å²) in [6.45, 7) is 0. The first kappa shape index (κ1) is 13.7. The van der Waals surface area contributed by atoms with E-state index in [1.54, 1.807) is 6.07 Å². The number of benzene rings is 1. The van der Waals surface area contributed by atoms with Gasteiger partial charge in [0.2, 0.25) is 0 Å². The van der Waals surface area contributed by atoms with Crippen molar-refractivity contribution in [1.82, 2.24) is 5.06 Å². The van der Waals surface area contributed by atoms with Crippen molar-refractivity contribution in [2.75, 3.05) is 0 Å². The van der Waals surface area contributed by atoms with E-state index in [2.05, 4.69) is 0 Å². The minimum absolute atomic E-state index is 0.0157. The third-order valence-corrected chi connectivity index (χ3v) is 4.68. The Morgan fingerprint density at radius 3 is 2.50 bits per heavy atom. The van der Waals surface area contributed by atoms with Crippen LogP contribution in [0.5, 0.6) is 11.5 Å². The van der Waals surface area contributed by atoms with Crippen LogP contribution in [0.25, 0.3) is 0 Å². The van der Waals surface area contributed by atoms with Gasteiger partial charge >= 0.3 is 0 Å². The van der Waals surface area contributed by atoms with Crippen LogP contribution in [-0.2, 0) is 6.42 Å². The van der Waals surface area contributed by atoms with Crippen molar-refractivity contribution in [2.24, 2.45) is 0 Å². The van der Waals surface area contributed by atoms with Crippen molar-refractivity contribution in [3.8, 4) is 11.5 Å². The highest BCUT2D eigenvalue weighted by Gasteiger charge is 2.33. The minimum Gasteiger partial charge on any atom is -0.785 e. The molecule has 3 rings (SSSR count). The zero-order valence-corrected chi connectivity index (χ0v) is 11.3. The van der Waals surface area contributed by atoms with Gasteiger partial charge in [0, 0.05) is 11.6 Å². The number of hydroxylamine groups is 2. The monoisotopic (exact) mass is 278 g/mol. The second-order valence-electron chi connectivity index (χ2n) is 5.85. The maximum absolute atomic E-state index is 12.4. The Hall–Kier alpha value is -1.30. The normalized spacial score (nSPS) is 26.9. The van der Waals surface area contributed by atoms with E-state index in [0.29, 0.717) is 24.0 Å². The van der Waals surface area contributed by atoms with Crippen molar-refractivity contribution in [3.63, 3.8) is 0 Å². The van der Waals surface area contributed by atoms with Gasteiger partial charge in [0.25, 0.3) is 0 Å². The summed E-state index contributed by atoms with van der Waals surface area (Å²) in [5, 5.41) is 43.3. The lowest BCUT2D eigenvalue weighted by molar-refractivity contribution is 0.0412. The SMILES string of the molecule is [O-]N(C1CCCC1)[C@H]1CCc2c(ccc(O)c2O)[C@@H]1O. The molecule has 20 heavy (non-hydrogen) atoms. The van der Waals surface area contributed by atoms with E-state index in [0.717, 1.165) is 30.7 Å². The molecular weight excluding hydrogens is 258 g/mol. The zero-order chi connectivity index (χ0) is 14.3. The molecule has 5 heteroatoms. The quantitative estimate of drug-likeness (QED) is 0.570. The third-order valence-electron chi connectivity index (χ3n) is 4.68. The highest BCUT2D eigenvalue weighted by atomic mass is 16.5. The summed E-state index contributed by atoms with van der Waals surface area (Å²) in [5.41, 5.74) is 1.13. The third kappa shape index (κ3) is 2.16. The highest BCUT2D eigenvalue weighted by molar-refractivity contribution is 5.51. The Balaban J connectivity index is 1.85. The number of rotatable bonds is 2. The van der Waals surface area contributed by atoms with Gasteiger partial charge in [-0.2, -0.15) is 0 Å². The molecule has 0 aromatic heterocycles. The van der Waals surface area contributed by atoms with Crippen LogP contribution in [0, 0.1) is 5.21 Å². The molecule has 0 bridgehead atoms. The van der Waals surface area contributed by atoms with Crippen LogP contribution in [0.2, 0.25) is 0 Å². The molecule has 2 aliphatic carbocycles. The summed E-state index contributed by atoms with van der Waals surface area (Å²) in [7, 11) is 0. The summed E-state index contributed by atoms with van der Waals surface area (Å²) in [6, 6.07) is 2.53. The molecule has 110 valence electrons. The second kappa shape index (κ2) is 5.24. The van der Waals surface area contributed by atoms with E-state index in [-0.39, 0.29) is 17.5 Å². The van der Waals surface area contributed by atoms with Crippen molar-refractivity contribution in [2.45, 2.75) is 56.7 Å². The van der Waals surface area contributed by atoms with Crippen LogP contribution in [0.1, 0.15) is 49.3 Å². The number of hydrogen-bond acceptors (Lipinski definition) is 5. The molecule has 1 saturated carbocycles. The maximum Gasteiger partial charge on any atom is 0.161 e. The summed E-state index contributed by atoms with van der Waals surface area (Å²) in [6.07, 6.45) is 4.08. The summed E-state index contributed by atoms with van der Waals surface area (Å²) in [5.74, 6) is -0.345. The predicted molar refractivity (Wildman–Crippen MR) is 74.3 cm³/mol. The van der Waals surface area contributed by atoms with Crippen molar-refractivity contribution < 1.29 is 15.3 Å². The number of aromatic hydroxyl groups is 2. The first-order chi connectivity index (χ1) is 9.59. The molecule has 0 radical (unpaired) electrons. The highest BCUT2D eigenvalue weighted by Crippen LogP contribution is 2.42. The van der Waals surface area contributed by atoms with Gasteiger partial charge in [-0.15, -0.1) is 0 Å².